The van der Waals surface area contributed by atoms with Crippen molar-refractivity contribution in [2.45, 2.75) is 95.5 Å². The molecule has 0 radical (unpaired) electrons. The molecule has 3 heterocycles. The molecule has 4 bridgehead atoms. The third-order valence-electron chi connectivity index (χ3n) is 11.0. The maximum atomic E-state index is 13.6. The van der Waals surface area contributed by atoms with Gasteiger partial charge in [0.1, 0.15) is 42.6 Å². The van der Waals surface area contributed by atoms with E-state index in [0.29, 0.717) is 17.6 Å². The molecule has 1 saturated heterocycles. The Kier molecular flexibility index (Phi) is 12.9. The van der Waals surface area contributed by atoms with E-state index in [1.165, 1.54) is 7.11 Å². The first kappa shape index (κ1) is 42.3. The number of alkyl halides is 3. The number of aliphatic carboxylic acids is 1. The molecule has 304 valence electrons. The minimum Gasteiger partial charge on any atom is -0.542 e. The van der Waals surface area contributed by atoms with Crippen molar-refractivity contribution in [3.8, 4) is 0 Å². The summed E-state index contributed by atoms with van der Waals surface area (Å²) >= 11 is 0. The van der Waals surface area contributed by atoms with Crippen molar-refractivity contribution >= 4 is 29.8 Å². The van der Waals surface area contributed by atoms with Crippen LogP contribution in [0.5, 0.6) is 0 Å². The van der Waals surface area contributed by atoms with E-state index in [0.717, 1.165) is 5.57 Å². The zero-order valence-electron chi connectivity index (χ0n) is 31.2. The normalized spacial score (nSPS) is 34.6. The van der Waals surface area contributed by atoms with Gasteiger partial charge in [-0.05, 0) is 32.3 Å². The molecule has 2 N–H and O–H groups in total. The number of H-pyrrole nitrogens is 1. The van der Waals surface area contributed by atoms with E-state index in [-0.39, 0.29) is 24.9 Å². The number of aliphatic hydroxyl groups is 1. The largest absolute Gasteiger partial charge is 0.542 e. The number of hydrogen-bond acceptors (Lipinski definition) is 13. The van der Waals surface area contributed by atoms with Crippen LogP contribution in [0.4, 0.5) is 13.2 Å². The van der Waals surface area contributed by atoms with E-state index in [1.807, 2.05) is 51.2 Å². The number of aliphatic hydroxyl groups excluding tert-OH is 1. The molecule has 3 aliphatic carbocycles. The second-order valence-electron chi connectivity index (χ2n) is 14.5. The van der Waals surface area contributed by atoms with Crippen LogP contribution in [0.2, 0.25) is 0 Å². The molecule has 17 heteroatoms. The molecule has 12 atom stereocenters. The van der Waals surface area contributed by atoms with Crippen LogP contribution < -0.4 is 10.1 Å². The maximum Gasteiger partial charge on any atom is 0.430 e. The van der Waals surface area contributed by atoms with Gasteiger partial charge < -0.3 is 43.4 Å². The number of nitrogens with one attached hydrogen (secondary N) is 1. The van der Waals surface area contributed by atoms with E-state index in [2.05, 4.69) is 4.98 Å². The van der Waals surface area contributed by atoms with Crippen molar-refractivity contribution in [1.82, 2.24) is 0 Å². The Hall–Kier alpha value is -4.87. The maximum absolute atomic E-state index is 13.6. The first-order chi connectivity index (χ1) is 26.4. The average molecular weight is 792 g/mol. The van der Waals surface area contributed by atoms with Crippen molar-refractivity contribution in [1.29, 1.82) is 0 Å². The van der Waals surface area contributed by atoms with Crippen molar-refractivity contribution in [2.75, 3.05) is 7.11 Å². The van der Waals surface area contributed by atoms with E-state index < -0.39 is 96.0 Å². The van der Waals surface area contributed by atoms with Gasteiger partial charge in [0.25, 0.3) is 0 Å². The molecular formula is C39H44F3NO13. The molecule has 0 aromatic carbocycles. The molecule has 2 aliphatic heterocycles. The number of carbonyl (C=O) groups is 5. The summed E-state index contributed by atoms with van der Waals surface area (Å²) in [7, 11) is 1.41. The van der Waals surface area contributed by atoms with Crippen LogP contribution in [-0.2, 0) is 59.0 Å². The summed E-state index contributed by atoms with van der Waals surface area (Å²) in [6.07, 6.45) is 4.97. The fourth-order valence-corrected chi connectivity index (χ4v) is 8.29. The van der Waals surface area contributed by atoms with Crippen LogP contribution in [0, 0.1) is 29.6 Å². The third kappa shape index (κ3) is 8.59. The van der Waals surface area contributed by atoms with Crippen molar-refractivity contribution < 1.29 is 80.8 Å². The summed E-state index contributed by atoms with van der Waals surface area (Å²) in [5.41, 5.74) is 0.964. The molecule has 1 spiro atoms. The van der Waals surface area contributed by atoms with Gasteiger partial charge in [0, 0.05) is 60.0 Å². The molecule has 56 heavy (non-hydrogen) atoms. The molecule has 2 fully saturated rings. The second kappa shape index (κ2) is 17.1. The van der Waals surface area contributed by atoms with Crippen molar-refractivity contribution in [3.63, 3.8) is 0 Å². The van der Waals surface area contributed by atoms with E-state index in [4.69, 9.17) is 38.3 Å². The Bertz CT molecular complexity index is 1790. The lowest BCUT2D eigenvalue weighted by Gasteiger charge is -2.49. The number of carboxylic acids is 1. The van der Waals surface area contributed by atoms with Crippen LogP contribution in [0.1, 0.15) is 46.1 Å². The molecular weight excluding hydrogens is 747 g/mol. The standard InChI is InChI=1S/C37H43NO11.C2HF3O2/c1-19-16-20(2)37-25(10-11-26-28(37)29(39)21(3)31(32(26)49-37)48-33(40)24-8-6-7-9-24)17-27(44-5)34(41)47-30(19)22(4)46-36(43)35(42)45-18-23-12-14-38-15-13-23;3-2(4,5)1(6)7/h6-8,10-16,19,21-22,25-32,39H,9,17-18H2,1-5H3;(H,6,7)/b20-16+;/t19-,21-,22-,25-,26?,27+,28?,29-,30+,31-,32-,37+;/m1./s1. The van der Waals surface area contributed by atoms with E-state index >= 15 is 0 Å². The fraction of sp³-hybridized carbons (Fsp3) is 0.538. The summed E-state index contributed by atoms with van der Waals surface area (Å²) in [6, 6.07) is 3.41. The monoisotopic (exact) mass is 791 g/mol. The molecule has 14 nitrogen and oxygen atoms in total. The van der Waals surface area contributed by atoms with Crippen molar-refractivity contribution in [3.05, 3.63) is 77.7 Å². The topological polar surface area (TPSA) is 198 Å². The van der Waals surface area contributed by atoms with Gasteiger partial charge >= 0.3 is 30.1 Å². The van der Waals surface area contributed by atoms with Crippen molar-refractivity contribution in [2.24, 2.45) is 29.6 Å². The average Bonchev–Trinajstić information content (AvgIpc) is 3.76. The lowest BCUT2D eigenvalue weighted by molar-refractivity contribution is -0.378. The number of hydrogen-bond donors (Lipinski definition) is 1. The summed E-state index contributed by atoms with van der Waals surface area (Å²) in [5.74, 6) is -8.48. The van der Waals surface area contributed by atoms with Gasteiger partial charge in [-0.3, -0.25) is 0 Å². The third-order valence-corrected chi connectivity index (χ3v) is 11.0. The minimum atomic E-state index is -5.19. The predicted molar refractivity (Wildman–Crippen MR) is 182 cm³/mol. The zero-order chi connectivity index (χ0) is 41.1. The fourth-order valence-electron chi connectivity index (χ4n) is 8.29. The Labute approximate surface area is 320 Å². The first-order valence-electron chi connectivity index (χ1n) is 18.0. The van der Waals surface area contributed by atoms with Gasteiger partial charge in [-0.25, -0.2) is 24.2 Å². The van der Waals surface area contributed by atoms with Crippen LogP contribution >= 0.6 is 0 Å². The second-order valence-corrected chi connectivity index (χ2v) is 14.5. The zero-order valence-corrected chi connectivity index (χ0v) is 31.2. The molecule has 6 rings (SSSR count). The Morgan fingerprint density at radius 3 is 2.41 bits per heavy atom. The van der Waals surface area contributed by atoms with Gasteiger partial charge in [0.2, 0.25) is 0 Å². The highest BCUT2D eigenvalue weighted by Crippen LogP contribution is 2.61. The van der Waals surface area contributed by atoms with Crippen LogP contribution in [0.15, 0.2) is 72.1 Å². The lowest BCUT2D eigenvalue weighted by Crippen LogP contribution is -2.57. The molecule has 0 amide bonds. The number of carbonyl (C=O) groups excluding carboxylic acids is 5. The molecule has 5 aliphatic rings. The number of rotatable bonds is 7. The number of carboxylic acid groups (broad SMARTS) is 1. The summed E-state index contributed by atoms with van der Waals surface area (Å²) < 4.78 is 66.8. The molecule has 1 aromatic rings. The molecule has 1 aromatic heterocycles. The van der Waals surface area contributed by atoms with Gasteiger partial charge in [-0.15, -0.1) is 0 Å². The summed E-state index contributed by atoms with van der Waals surface area (Å²) in [5, 5.41) is 20.7. The number of esters is 4. The van der Waals surface area contributed by atoms with Gasteiger partial charge in [-0.1, -0.05) is 50.3 Å². The molecule has 2 unspecified atom stereocenters. The van der Waals surface area contributed by atoms with E-state index in [1.54, 1.807) is 37.5 Å². The Morgan fingerprint density at radius 2 is 1.80 bits per heavy atom. The first-order valence-corrected chi connectivity index (χ1v) is 18.0. The minimum absolute atomic E-state index is 0.121. The number of halogens is 3. The van der Waals surface area contributed by atoms with E-state index in [9.17, 15) is 37.5 Å². The quantitative estimate of drug-likeness (QED) is 0.183. The highest BCUT2D eigenvalue weighted by molar-refractivity contribution is 6.29. The molecule has 1 saturated carbocycles. The number of aromatic nitrogens is 1. The van der Waals surface area contributed by atoms with Crippen LogP contribution in [0.25, 0.3) is 0 Å². The van der Waals surface area contributed by atoms with Gasteiger partial charge in [0.05, 0.1) is 6.10 Å². The Balaban J connectivity index is 0.000000784. The SMILES string of the molecule is CO[C@H]1C[C@H]2C=CC3C4[C@H](O)[C@@H](C)[C@@H](OC(=O)C5=CC=CC5)[C@@H]3O[C@]42/C(C)=C/[C@@H](C)[C@@H]([C@@H](C)OC(=O)C(=O)OCc2cc[nH+]cc2)OC1=O.O=C([O-])C(F)(F)F. The number of pyridine rings is 1. The van der Waals surface area contributed by atoms with Gasteiger partial charge in [-0.2, -0.15) is 13.2 Å². The highest BCUT2D eigenvalue weighted by Gasteiger charge is 2.69. The van der Waals surface area contributed by atoms with Gasteiger partial charge in [0.15, 0.2) is 18.5 Å². The summed E-state index contributed by atoms with van der Waals surface area (Å²) in [4.78, 5) is 63.6. The number of allylic oxidation sites excluding steroid dienone is 3. The van der Waals surface area contributed by atoms with Crippen LogP contribution in [-0.4, -0.2) is 90.5 Å². The predicted octanol–water partition coefficient (Wildman–Crippen LogP) is 2.05. The number of cyclic esters (lactones) is 1. The highest BCUT2D eigenvalue weighted by atomic mass is 19.4. The lowest BCUT2D eigenvalue weighted by atomic mass is 9.57. The summed E-state index contributed by atoms with van der Waals surface area (Å²) in [6.45, 7) is 7.03. The number of ether oxygens (including phenoxy) is 6. The van der Waals surface area contributed by atoms with Crippen LogP contribution in [0.3, 0.4) is 0 Å². The number of aromatic amines is 1. The number of methoxy groups -OCH3 is 1. The smallest absolute Gasteiger partial charge is 0.430 e. The Morgan fingerprint density at radius 1 is 1.12 bits per heavy atom.